The summed E-state index contributed by atoms with van der Waals surface area (Å²) in [5.74, 6) is 0. The van der Waals surface area contributed by atoms with Gasteiger partial charge in [-0.1, -0.05) is 26.0 Å². The first-order chi connectivity index (χ1) is 10.1. The van der Waals surface area contributed by atoms with Gasteiger partial charge in [-0.25, -0.2) is 4.79 Å². The van der Waals surface area contributed by atoms with Crippen LogP contribution in [0.25, 0.3) is 0 Å². The number of carbonyl (C=O) groups excluding carboxylic acids is 1. The summed E-state index contributed by atoms with van der Waals surface area (Å²) >= 11 is 1.74. The first kappa shape index (κ1) is 17.9. The molecule has 5 heteroatoms. The number of hydrogen-bond acceptors (Lipinski definition) is 3. The minimum absolute atomic E-state index is 0.152. The van der Waals surface area contributed by atoms with E-state index in [0.29, 0.717) is 17.8 Å². The Morgan fingerprint density at radius 2 is 1.90 bits per heavy atom. The molecule has 0 bridgehead atoms. The molecule has 0 saturated carbocycles. The lowest BCUT2D eigenvalue weighted by molar-refractivity contribution is 0.252. The van der Waals surface area contributed by atoms with Crippen LogP contribution in [-0.4, -0.2) is 30.6 Å². The second-order valence-corrected chi connectivity index (χ2v) is 6.46. The minimum Gasteiger partial charge on any atom is -0.337 e. The lowest BCUT2D eigenvalue weighted by Gasteiger charge is -2.15. The summed E-state index contributed by atoms with van der Waals surface area (Å²) in [5, 5.41) is 9.58. The molecule has 0 radical (unpaired) electrons. The highest BCUT2D eigenvalue weighted by molar-refractivity contribution is 7.99. The fourth-order valence-electron chi connectivity index (χ4n) is 1.83. The maximum absolute atomic E-state index is 11.7. The largest absolute Gasteiger partial charge is 0.337 e. The number of urea groups is 1. The highest BCUT2D eigenvalue weighted by atomic mass is 32.2. The molecule has 21 heavy (non-hydrogen) atoms. The zero-order valence-electron chi connectivity index (χ0n) is 13.4. The predicted molar refractivity (Wildman–Crippen MR) is 93.1 cm³/mol. The Bertz CT molecular complexity index is 422. The normalized spacial score (nSPS) is 13.5. The summed E-state index contributed by atoms with van der Waals surface area (Å²) in [6.07, 6.45) is 3.16. The van der Waals surface area contributed by atoms with Crippen LogP contribution in [0.5, 0.6) is 0 Å². The minimum atomic E-state index is -0.152. The molecular weight excluding hydrogens is 282 g/mol. The Kier molecular flexibility index (Phi) is 8.23. The van der Waals surface area contributed by atoms with Crippen molar-refractivity contribution < 1.29 is 4.79 Å². The summed E-state index contributed by atoms with van der Waals surface area (Å²) in [6, 6.07) is 8.16. The van der Waals surface area contributed by atoms with Crippen LogP contribution in [0.2, 0.25) is 0 Å². The van der Waals surface area contributed by atoms with Crippen LogP contribution in [0, 0.1) is 0 Å². The molecule has 0 aliphatic carbocycles. The van der Waals surface area contributed by atoms with Crippen LogP contribution in [-0.2, 0) is 0 Å². The molecule has 4 nitrogen and oxygen atoms in total. The quantitative estimate of drug-likeness (QED) is 0.687. The van der Waals surface area contributed by atoms with Gasteiger partial charge in [-0.15, -0.1) is 0 Å². The smallest absolute Gasteiger partial charge is 0.319 e. The number of rotatable bonds is 8. The Morgan fingerprint density at radius 1 is 1.24 bits per heavy atom. The maximum Gasteiger partial charge on any atom is 0.319 e. The average molecular weight is 309 g/mol. The van der Waals surface area contributed by atoms with Crippen LogP contribution < -0.4 is 16.0 Å². The van der Waals surface area contributed by atoms with Crippen molar-refractivity contribution in [2.45, 2.75) is 38.5 Å². The van der Waals surface area contributed by atoms with Crippen molar-refractivity contribution >= 4 is 23.5 Å². The van der Waals surface area contributed by atoms with E-state index in [9.17, 15) is 4.79 Å². The van der Waals surface area contributed by atoms with Crippen molar-refractivity contribution in [3.63, 3.8) is 0 Å². The monoisotopic (exact) mass is 309 g/mol. The highest BCUT2D eigenvalue weighted by Crippen LogP contribution is 2.16. The zero-order valence-corrected chi connectivity index (χ0v) is 14.2. The van der Waals surface area contributed by atoms with Gasteiger partial charge in [0.25, 0.3) is 0 Å². The van der Waals surface area contributed by atoms with E-state index in [1.165, 1.54) is 5.56 Å². The molecule has 0 heterocycles. The van der Waals surface area contributed by atoms with Crippen molar-refractivity contribution in [3.8, 4) is 0 Å². The van der Waals surface area contributed by atoms with Crippen molar-refractivity contribution in [1.29, 1.82) is 0 Å². The second kappa shape index (κ2) is 9.68. The summed E-state index contributed by atoms with van der Waals surface area (Å²) in [6.45, 7) is 8.07. The van der Waals surface area contributed by atoms with E-state index in [0.717, 1.165) is 18.7 Å². The van der Waals surface area contributed by atoms with E-state index in [1.54, 1.807) is 11.8 Å². The Labute approximate surface area is 132 Å². The number of thioether (sulfide) groups is 1. The first-order valence-corrected chi connectivity index (χ1v) is 8.76. The van der Waals surface area contributed by atoms with Gasteiger partial charge in [0, 0.05) is 23.5 Å². The standard InChI is InChI=1S/C16H27N3OS/c1-5-10-17-13(3)14-6-8-15(9-7-14)19-16(20)18-11-12(2)21-4/h6-9,12-13,17H,5,10-11H2,1-4H3,(H2,18,19,20). The Balaban J connectivity index is 2.45. The molecule has 2 unspecified atom stereocenters. The molecular formula is C16H27N3OS. The van der Waals surface area contributed by atoms with Crippen molar-refractivity contribution in [2.24, 2.45) is 0 Å². The number of amides is 2. The fourth-order valence-corrected chi connectivity index (χ4v) is 2.08. The average Bonchev–Trinajstić information content (AvgIpc) is 2.50. The number of carbonyl (C=O) groups is 1. The summed E-state index contributed by atoms with van der Waals surface area (Å²) in [4.78, 5) is 11.7. The zero-order chi connectivity index (χ0) is 15.7. The molecule has 2 amide bonds. The molecule has 1 aromatic carbocycles. The lowest BCUT2D eigenvalue weighted by atomic mass is 10.1. The lowest BCUT2D eigenvalue weighted by Crippen LogP contribution is -2.33. The topological polar surface area (TPSA) is 53.2 Å². The fraction of sp³-hybridized carbons (Fsp3) is 0.562. The molecule has 1 aromatic rings. The molecule has 1 rings (SSSR count). The molecule has 0 saturated heterocycles. The molecule has 3 N–H and O–H groups in total. The first-order valence-electron chi connectivity index (χ1n) is 7.47. The van der Waals surface area contributed by atoms with Crippen LogP contribution in [0.15, 0.2) is 24.3 Å². The van der Waals surface area contributed by atoms with Gasteiger partial charge in [0.1, 0.15) is 0 Å². The second-order valence-electron chi connectivity index (χ2n) is 5.18. The summed E-state index contributed by atoms with van der Waals surface area (Å²) < 4.78 is 0. The van der Waals surface area contributed by atoms with Crippen LogP contribution in [0.4, 0.5) is 10.5 Å². The SMILES string of the molecule is CCCNC(C)c1ccc(NC(=O)NCC(C)SC)cc1. The Morgan fingerprint density at radius 3 is 2.48 bits per heavy atom. The van der Waals surface area contributed by atoms with Gasteiger partial charge in [-0.2, -0.15) is 11.8 Å². The van der Waals surface area contributed by atoms with E-state index >= 15 is 0 Å². The van der Waals surface area contributed by atoms with Gasteiger partial charge in [-0.3, -0.25) is 0 Å². The van der Waals surface area contributed by atoms with Gasteiger partial charge < -0.3 is 16.0 Å². The van der Waals surface area contributed by atoms with Crippen molar-refractivity contribution in [1.82, 2.24) is 10.6 Å². The number of anilines is 1. The van der Waals surface area contributed by atoms with Crippen molar-refractivity contribution in [2.75, 3.05) is 24.7 Å². The third kappa shape index (κ3) is 6.87. The van der Waals surface area contributed by atoms with Crippen molar-refractivity contribution in [3.05, 3.63) is 29.8 Å². The number of benzene rings is 1. The highest BCUT2D eigenvalue weighted by Gasteiger charge is 2.06. The van der Waals surface area contributed by atoms with E-state index in [4.69, 9.17) is 0 Å². The molecule has 0 aliphatic heterocycles. The van der Waals surface area contributed by atoms with Crippen LogP contribution >= 0.6 is 11.8 Å². The van der Waals surface area contributed by atoms with Gasteiger partial charge in [0.2, 0.25) is 0 Å². The van der Waals surface area contributed by atoms with E-state index in [2.05, 4.69) is 36.7 Å². The molecule has 2 atom stereocenters. The van der Waals surface area contributed by atoms with Gasteiger partial charge >= 0.3 is 6.03 Å². The molecule has 0 fully saturated rings. The molecule has 0 aromatic heterocycles. The third-order valence-corrected chi connectivity index (χ3v) is 4.29. The van der Waals surface area contributed by atoms with Gasteiger partial charge in [0.15, 0.2) is 0 Å². The predicted octanol–water partition coefficient (Wildman–Crippen LogP) is 3.62. The van der Waals surface area contributed by atoms with E-state index in [-0.39, 0.29) is 6.03 Å². The Hall–Kier alpha value is -1.20. The van der Waals surface area contributed by atoms with E-state index < -0.39 is 0 Å². The van der Waals surface area contributed by atoms with Crippen LogP contribution in [0.3, 0.4) is 0 Å². The maximum atomic E-state index is 11.7. The number of hydrogen-bond donors (Lipinski definition) is 3. The van der Waals surface area contributed by atoms with Crippen LogP contribution in [0.1, 0.15) is 38.8 Å². The molecule has 0 aliphatic rings. The third-order valence-electron chi connectivity index (χ3n) is 3.32. The molecule has 118 valence electrons. The summed E-state index contributed by atoms with van der Waals surface area (Å²) in [7, 11) is 0. The van der Waals surface area contributed by atoms with E-state index in [1.807, 2.05) is 30.5 Å². The number of nitrogens with one attached hydrogen (secondary N) is 3. The summed E-state index contributed by atoms with van der Waals surface area (Å²) in [5.41, 5.74) is 2.04. The van der Waals surface area contributed by atoms with Gasteiger partial charge in [-0.05, 0) is 43.8 Å². The van der Waals surface area contributed by atoms with Gasteiger partial charge in [0.05, 0.1) is 0 Å². The molecule has 0 spiro atoms.